The van der Waals surface area contributed by atoms with Gasteiger partial charge in [-0.05, 0) is 26.7 Å². The molecule has 120 valence electrons. The summed E-state index contributed by atoms with van der Waals surface area (Å²) in [6.07, 6.45) is 6.47. The van der Waals surface area contributed by atoms with Crippen LogP contribution in [0.1, 0.15) is 42.7 Å². The highest BCUT2D eigenvalue weighted by atomic mass is 32.2. The minimum Gasteiger partial charge on any atom is -0.267 e. The normalized spacial score (nSPS) is 17.2. The second kappa shape index (κ2) is 5.75. The molecule has 0 atom stereocenters. The van der Waals surface area contributed by atoms with Crippen molar-refractivity contribution in [1.82, 2.24) is 14.1 Å². The van der Waals surface area contributed by atoms with Crippen molar-refractivity contribution in [3.05, 3.63) is 27.1 Å². The van der Waals surface area contributed by atoms with Crippen LogP contribution in [0.4, 0.5) is 0 Å². The molecule has 2 aromatic heterocycles. The lowest BCUT2D eigenvalue weighted by Crippen LogP contribution is -2.39. The van der Waals surface area contributed by atoms with Gasteiger partial charge in [0.15, 0.2) is 9.86 Å². The number of hydrogen-bond donors (Lipinski definition) is 1. The van der Waals surface area contributed by atoms with Crippen molar-refractivity contribution in [2.24, 2.45) is 0 Å². The van der Waals surface area contributed by atoms with Crippen molar-refractivity contribution < 1.29 is 8.42 Å². The first-order valence-corrected chi connectivity index (χ1v) is 9.70. The maximum Gasteiger partial charge on any atom is 0.279 e. The second-order valence-electron chi connectivity index (χ2n) is 5.78. The van der Waals surface area contributed by atoms with Gasteiger partial charge in [-0.25, -0.2) is 18.1 Å². The van der Waals surface area contributed by atoms with Gasteiger partial charge < -0.3 is 0 Å². The Bertz CT molecular complexity index is 861. The summed E-state index contributed by atoms with van der Waals surface area (Å²) in [6.45, 7) is 3.44. The average Bonchev–Trinajstić information content (AvgIpc) is 2.79. The number of rotatable bonds is 3. The molecule has 1 N–H and O–H groups in total. The van der Waals surface area contributed by atoms with Crippen molar-refractivity contribution in [3.63, 3.8) is 0 Å². The van der Waals surface area contributed by atoms with Crippen LogP contribution in [-0.2, 0) is 10.0 Å². The van der Waals surface area contributed by atoms with Crippen LogP contribution >= 0.6 is 11.3 Å². The van der Waals surface area contributed by atoms with Gasteiger partial charge in [0.2, 0.25) is 10.0 Å². The Hall–Kier alpha value is -1.25. The van der Waals surface area contributed by atoms with E-state index in [0.29, 0.717) is 4.96 Å². The Balaban J connectivity index is 2.06. The highest BCUT2D eigenvalue weighted by Gasteiger charge is 2.27. The Morgan fingerprint density at radius 2 is 1.95 bits per heavy atom. The fraction of sp³-hybridized carbons (Fsp3) is 0.571. The standard InChI is InChI=1S/C14H19N3O3S2/c1-9-8-17-13(18)12(10(2)15-14(17)21-9)22(19,20)16-11-6-4-3-5-7-11/h8,11,16H,3-7H2,1-2H3. The molecule has 6 nitrogen and oxygen atoms in total. The summed E-state index contributed by atoms with van der Waals surface area (Å²) in [5, 5.41) is 0. The number of aromatic nitrogens is 2. The molecule has 3 rings (SSSR count). The molecule has 0 amide bonds. The molecular weight excluding hydrogens is 322 g/mol. The number of fused-ring (bicyclic) bond motifs is 1. The molecule has 0 saturated heterocycles. The number of aryl methyl sites for hydroxylation is 2. The van der Waals surface area contributed by atoms with E-state index in [4.69, 9.17) is 0 Å². The van der Waals surface area contributed by atoms with E-state index in [2.05, 4.69) is 9.71 Å². The first-order chi connectivity index (χ1) is 10.4. The zero-order valence-corrected chi connectivity index (χ0v) is 14.3. The summed E-state index contributed by atoms with van der Waals surface area (Å²) in [4.78, 5) is 18.1. The van der Waals surface area contributed by atoms with Crippen LogP contribution in [0.5, 0.6) is 0 Å². The van der Waals surface area contributed by atoms with Gasteiger partial charge in [-0.2, -0.15) is 0 Å². The molecule has 22 heavy (non-hydrogen) atoms. The predicted octanol–water partition coefficient (Wildman–Crippen LogP) is 1.98. The van der Waals surface area contributed by atoms with Gasteiger partial charge in [0.05, 0.1) is 5.69 Å². The molecule has 2 heterocycles. The molecule has 8 heteroatoms. The molecule has 0 radical (unpaired) electrons. The van der Waals surface area contributed by atoms with E-state index >= 15 is 0 Å². The molecule has 1 fully saturated rings. The number of thiazole rings is 1. The third-order valence-electron chi connectivity index (χ3n) is 3.97. The second-order valence-corrected chi connectivity index (χ2v) is 8.65. The van der Waals surface area contributed by atoms with Crippen LogP contribution in [0.25, 0.3) is 4.96 Å². The Labute approximate surface area is 133 Å². The molecule has 0 aromatic carbocycles. The minimum absolute atomic E-state index is 0.0811. The van der Waals surface area contributed by atoms with E-state index in [0.717, 1.165) is 37.0 Å². The van der Waals surface area contributed by atoms with E-state index < -0.39 is 15.6 Å². The molecular formula is C14H19N3O3S2. The summed E-state index contributed by atoms with van der Waals surface area (Å²) < 4.78 is 29.3. The van der Waals surface area contributed by atoms with Crippen LogP contribution in [0, 0.1) is 13.8 Å². The lowest BCUT2D eigenvalue weighted by atomic mass is 9.96. The quantitative estimate of drug-likeness (QED) is 0.926. The van der Waals surface area contributed by atoms with Gasteiger partial charge in [0, 0.05) is 17.1 Å². The van der Waals surface area contributed by atoms with Crippen molar-refractivity contribution in [2.75, 3.05) is 0 Å². The summed E-state index contributed by atoms with van der Waals surface area (Å²) in [6, 6.07) is -0.0811. The minimum atomic E-state index is -3.84. The lowest BCUT2D eigenvalue weighted by Gasteiger charge is -2.22. The Morgan fingerprint density at radius 1 is 1.27 bits per heavy atom. The first kappa shape index (κ1) is 15.6. The van der Waals surface area contributed by atoms with Gasteiger partial charge in [-0.3, -0.25) is 9.20 Å². The van der Waals surface area contributed by atoms with Crippen molar-refractivity contribution in [3.8, 4) is 0 Å². The molecule has 1 saturated carbocycles. The van der Waals surface area contributed by atoms with Crippen LogP contribution < -0.4 is 10.3 Å². The summed E-state index contributed by atoms with van der Waals surface area (Å²) >= 11 is 1.37. The van der Waals surface area contributed by atoms with Crippen LogP contribution in [0.2, 0.25) is 0 Å². The first-order valence-electron chi connectivity index (χ1n) is 7.40. The molecule has 0 bridgehead atoms. The van der Waals surface area contributed by atoms with Gasteiger partial charge in [0.25, 0.3) is 5.56 Å². The maximum absolute atomic E-state index is 12.6. The SMILES string of the molecule is Cc1cn2c(=O)c(S(=O)(=O)NC3CCCCC3)c(C)nc2s1. The lowest BCUT2D eigenvalue weighted by molar-refractivity contribution is 0.411. The summed E-state index contributed by atoms with van der Waals surface area (Å²) in [5.74, 6) is 0. The third kappa shape index (κ3) is 2.82. The largest absolute Gasteiger partial charge is 0.279 e. The molecule has 1 aliphatic rings. The van der Waals surface area contributed by atoms with E-state index in [1.54, 1.807) is 13.1 Å². The van der Waals surface area contributed by atoms with Crippen molar-refractivity contribution in [2.45, 2.75) is 56.9 Å². The van der Waals surface area contributed by atoms with Crippen LogP contribution in [0.3, 0.4) is 0 Å². The molecule has 0 unspecified atom stereocenters. The maximum atomic E-state index is 12.6. The molecule has 0 spiro atoms. The average molecular weight is 341 g/mol. The smallest absolute Gasteiger partial charge is 0.267 e. The number of nitrogens with one attached hydrogen (secondary N) is 1. The fourth-order valence-corrected chi connectivity index (χ4v) is 5.36. The number of sulfonamides is 1. The van der Waals surface area contributed by atoms with Crippen molar-refractivity contribution in [1.29, 1.82) is 0 Å². The number of hydrogen-bond acceptors (Lipinski definition) is 5. The van der Waals surface area contributed by atoms with E-state index in [9.17, 15) is 13.2 Å². The van der Waals surface area contributed by atoms with Crippen molar-refractivity contribution >= 4 is 26.3 Å². The Morgan fingerprint density at radius 3 is 2.64 bits per heavy atom. The van der Waals surface area contributed by atoms with Gasteiger partial charge in [-0.15, -0.1) is 11.3 Å². The summed E-state index contributed by atoms with van der Waals surface area (Å²) in [5.41, 5.74) is -0.259. The fourth-order valence-electron chi connectivity index (χ4n) is 2.95. The van der Waals surface area contributed by atoms with Gasteiger partial charge in [0.1, 0.15) is 0 Å². The van der Waals surface area contributed by atoms with Crippen LogP contribution in [-0.4, -0.2) is 23.8 Å². The van der Waals surface area contributed by atoms with Crippen LogP contribution in [0.15, 0.2) is 15.9 Å². The topological polar surface area (TPSA) is 80.5 Å². The highest BCUT2D eigenvalue weighted by Crippen LogP contribution is 2.21. The zero-order chi connectivity index (χ0) is 15.9. The molecule has 0 aliphatic heterocycles. The highest BCUT2D eigenvalue weighted by molar-refractivity contribution is 7.89. The van der Waals surface area contributed by atoms with E-state index in [-0.39, 0.29) is 16.6 Å². The summed E-state index contributed by atoms with van der Waals surface area (Å²) in [7, 11) is -3.84. The number of nitrogens with zero attached hydrogens (tertiary/aromatic N) is 2. The predicted molar refractivity (Wildman–Crippen MR) is 86.0 cm³/mol. The zero-order valence-electron chi connectivity index (χ0n) is 12.6. The van der Waals surface area contributed by atoms with E-state index in [1.807, 2.05) is 6.92 Å². The van der Waals surface area contributed by atoms with Gasteiger partial charge >= 0.3 is 0 Å². The third-order valence-corrected chi connectivity index (χ3v) is 6.52. The van der Waals surface area contributed by atoms with Gasteiger partial charge in [-0.1, -0.05) is 19.3 Å². The van der Waals surface area contributed by atoms with E-state index in [1.165, 1.54) is 15.7 Å². The molecule has 1 aliphatic carbocycles. The molecule has 2 aromatic rings. The Kier molecular flexibility index (Phi) is 4.09. The monoisotopic (exact) mass is 341 g/mol.